The second-order valence-electron chi connectivity index (χ2n) is 6.44. The van der Waals surface area contributed by atoms with E-state index in [4.69, 9.17) is 0 Å². The molecule has 1 N–H and O–H groups in total. The number of carbonyl (C=O) groups excluding carboxylic acids is 1. The Morgan fingerprint density at radius 2 is 2.25 bits per heavy atom. The van der Waals surface area contributed by atoms with Crippen LogP contribution in [0.25, 0.3) is 0 Å². The van der Waals surface area contributed by atoms with Gasteiger partial charge in [0.05, 0.1) is 6.04 Å². The molecule has 0 radical (unpaired) electrons. The molecule has 7 nitrogen and oxygen atoms in total. The Hall–Kier alpha value is -2.44. The molecule has 24 heavy (non-hydrogen) atoms. The van der Waals surface area contributed by atoms with Gasteiger partial charge >= 0.3 is 0 Å². The normalized spacial score (nSPS) is 19.1. The summed E-state index contributed by atoms with van der Waals surface area (Å²) in [4.78, 5) is 19.3. The molecule has 2 atom stereocenters. The van der Waals surface area contributed by atoms with E-state index in [2.05, 4.69) is 32.3 Å². The van der Waals surface area contributed by atoms with Gasteiger partial charge < -0.3 is 14.8 Å². The fraction of sp³-hybridized carbons (Fsp3) is 0.529. The summed E-state index contributed by atoms with van der Waals surface area (Å²) in [5.74, 6) is 1.47. The Kier molecular flexibility index (Phi) is 4.78. The largest absolute Gasteiger partial charge is 0.354 e. The topological polar surface area (TPSA) is 75.9 Å². The number of hydrogen-bond acceptors (Lipinski definition) is 5. The molecule has 0 aromatic carbocycles. The Bertz CT molecular complexity index is 713. The molecule has 0 bridgehead atoms. The van der Waals surface area contributed by atoms with Crippen molar-refractivity contribution >= 4 is 11.7 Å². The second kappa shape index (κ2) is 6.98. The number of anilines is 1. The molecule has 1 saturated heterocycles. The Labute approximate surface area is 142 Å². The first kappa shape index (κ1) is 16.4. The maximum Gasteiger partial charge on any atom is 0.252 e. The van der Waals surface area contributed by atoms with E-state index in [0.717, 1.165) is 18.2 Å². The van der Waals surface area contributed by atoms with Crippen LogP contribution >= 0.6 is 0 Å². The number of amides is 1. The Morgan fingerprint density at radius 3 is 2.96 bits per heavy atom. The number of aromatic nitrogens is 4. The highest BCUT2D eigenvalue weighted by molar-refractivity contribution is 5.95. The lowest BCUT2D eigenvalue weighted by molar-refractivity contribution is 0.0937. The SMILES string of the molecule is CC(NC(=O)c1ccnc(N2CCCCC2C)c1)c1nncn1C. The van der Waals surface area contributed by atoms with E-state index >= 15 is 0 Å². The van der Waals surface area contributed by atoms with Gasteiger partial charge in [0.25, 0.3) is 5.91 Å². The van der Waals surface area contributed by atoms with Crippen LogP contribution in [0.3, 0.4) is 0 Å². The summed E-state index contributed by atoms with van der Waals surface area (Å²) in [5.41, 5.74) is 0.617. The highest BCUT2D eigenvalue weighted by Crippen LogP contribution is 2.23. The maximum atomic E-state index is 12.6. The minimum Gasteiger partial charge on any atom is -0.354 e. The molecule has 128 valence electrons. The second-order valence-corrected chi connectivity index (χ2v) is 6.44. The van der Waals surface area contributed by atoms with Crippen molar-refractivity contribution in [3.63, 3.8) is 0 Å². The lowest BCUT2D eigenvalue weighted by Crippen LogP contribution is -2.38. The summed E-state index contributed by atoms with van der Waals surface area (Å²) in [6, 6.07) is 3.87. The van der Waals surface area contributed by atoms with Crippen molar-refractivity contribution in [3.8, 4) is 0 Å². The minimum atomic E-state index is -0.212. The molecular formula is C17H24N6O. The first-order valence-electron chi connectivity index (χ1n) is 8.43. The van der Waals surface area contributed by atoms with E-state index < -0.39 is 0 Å². The third-order valence-electron chi connectivity index (χ3n) is 4.59. The van der Waals surface area contributed by atoms with Gasteiger partial charge in [-0.25, -0.2) is 4.98 Å². The lowest BCUT2D eigenvalue weighted by Gasteiger charge is -2.34. The average Bonchev–Trinajstić information content (AvgIpc) is 3.01. The third kappa shape index (κ3) is 3.39. The summed E-state index contributed by atoms with van der Waals surface area (Å²) in [7, 11) is 1.86. The first-order chi connectivity index (χ1) is 11.6. The monoisotopic (exact) mass is 328 g/mol. The van der Waals surface area contributed by atoms with E-state index in [9.17, 15) is 4.79 Å². The molecule has 1 aliphatic heterocycles. The molecule has 2 aromatic heterocycles. The maximum absolute atomic E-state index is 12.6. The molecule has 0 aliphatic carbocycles. The summed E-state index contributed by atoms with van der Waals surface area (Å²) < 4.78 is 1.80. The highest BCUT2D eigenvalue weighted by Gasteiger charge is 2.21. The van der Waals surface area contributed by atoms with Crippen molar-refractivity contribution in [3.05, 3.63) is 36.0 Å². The molecule has 7 heteroatoms. The number of piperidine rings is 1. The summed E-state index contributed by atoms with van der Waals surface area (Å²) in [5, 5.41) is 10.9. The van der Waals surface area contributed by atoms with Crippen LogP contribution in [-0.4, -0.2) is 38.2 Å². The van der Waals surface area contributed by atoms with Gasteiger partial charge in [0.1, 0.15) is 12.1 Å². The molecule has 3 rings (SSSR count). The van der Waals surface area contributed by atoms with Crippen LogP contribution in [-0.2, 0) is 7.05 Å². The van der Waals surface area contributed by atoms with Gasteiger partial charge in [0.15, 0.2) is 5.82 Å². The number of pyridine rings is 1. The van der Waals surface area contributed by atoms with Crippen molar-refractivity contribution in [1.29, 1.82) is 0 Å². The van der Waals surface area contributed by atoms with Gasteiger partial charge in [-0.1, -0.05) is 0 Å². The lowest BCUT2D eigenvalue weighted by atomic mass is 10.0. The number of rotatable bonds is 4. The van der Waals surface area contributed by atoms with Crippen molar-refractivity contribution in [2.75, 3.05) is 11.4 Å². The number of nitrogens with one attached hydrogen (secondary N) is 1. The standard InChI is InChI=1S/C17H24N6O/c1-12-6-4-5-9-23(12)15-10-14(7-8-18-15)17(24)20-13(2)16-21-19-11-22(16)3/h7-8,10-13H,4-6,9H2,1-3H3,(H,20,24). The van der Waals surface area contributed by atoms with Crippen molar-refractivity contribution in [1.82, 2.24) is 25.1 Å². The van der Waals surface area contributed by atoms with Crippen molar-refractivity contribution in [2.24, 2.45) is 7.05 Å². The molecule has 3 heterocycles. The Balaban J connectivity index is 1.73. The van der Waals surface area contributed by atoms with Crippen molar-refractivity contribution in [2.45, 2.75) is 45.2 Å². The van der Waals surface area contributed by atoms with Crippen LogP contribution in [0.1, 0.15) is 55.3 Å². The van der Waals surface area contributed by atoms with Crippen LogP contribution in [0.5, 0.6) is 0 Å². The molecule has 2 unspecified atom stereocenters. The predicted octanol–water partition coefficient (Wildman–Crippen LogP) is 2.08. The van der Waals surface area contributed by atoms with E-state index in [1.165, 1.54) is 19.3 Å². The van der Waals surface area contributed by atoms with Gasteiger partial charge in [-0.15, -0.1) is 10.2 Å². The van der Waals surface area contributed by atoms with Crippen LogP contribution in [0.4, 0.5) is 5.82 Å². The van der Waals surface area contributed by atoms with Gasteiger partial charge in [0, 0.05) is 31.4 Å². The predicted molar refractivity (Wildman–Crippen MR) is 91.8 cm³/mol. The van der Waals surface area contributed by atoms with E-state index in [1.54, 1.807) is 23.2 Å². The molecule has 2 aromatic rings. The first-order valence-corrected chi connectivity index (χ1v) is 8.43. The van der Waals surface area contributed by atoms with Gasteiger partial charge in [-0.2, -0.15) is 0 Å². The van der Waals surface area contributed by atoms with Crippen molar-refractivity contribution < 1.29 is 4.79 Å². The summed E-state index contributed by atoms with van der Waals surface area (Å²) in [6.07, 6.45) is 6.93. The summed E-state index contributed by atoms with van der Waals surface area (Å²) >= 11 is 0. The van der Waals surface area contributed by atoms with Gasteiger partial charge in [0.2, 0.25) is 0 Å². The van der Waals surface area contributed by atoms with Crippen LogP contribution in [0.2, 0.25) is 0 Å². The Morgan fingerprint density at radius 1 is 1.42 bits per heavy atom. The van der Waals surface area contributed by atoms with E-state index in [1.807, 2.05) is 20.0 Å². The van der Waals surface area contributed by atoms with E-state index in [-0.39, 0.29) is 11.9 Å². The van der Waals surface area contributed by atoms with E-state index in [0.29, 0.717) is 11.6 Å². The number of aryl methyl sites for hydroxylation is 1. The van der Waals surface area contributed by atoms with Crippen LogP contribution in [0.15, 0.2) is 24.7 Å². The molecular weight excluding hydrogens is 304 g/mol. The summed E-state index contributed by atoms with van der Waals surface area (Å²) in [6.45, 7) is 5.11. The molecule has 1 fully saturated rings. The smallest absolute Gasteiger partial charge is 0.252 e. The van der Waals surface area contributed by atoms with Crippen LogP contribution < -0.4 is 10.2 Å². The van der Waals surface area contributed by atoms with Gasteiger partial charge in [-0.05, 0) is 45.2 Å². The zero-order valence-corrected chi connectivity index (χ0v) is 14.4. The average molecular weight is 328 g/mol. The number of nitrogens with zero attached hydrogens (tertiary/aromatic N) is 5. The fourth-order valence-electron chi connectivity index (χ4n) is 3.18. The highest BCUT2D eigenvalue weighted by atomic mass is 16.1. The third-order valence-corrected chi connectivity index (χ3v) is 4.59. The number of carbonyl (C=O) groups is 1. The van der Waals surface area contributed by atoms with Crippen LogP contribution in [0, 0.1) is 0 Å². The zero-order chi connectivity index (χ0) is 17.1. The molecule has 0 spiro atoms. The quantitative estimate of drug-likeness (QED) is 0.930. The molecule has 0 saturated carbocycles. The minimum absolute atomic E-state index is 0.126. The molecule has 1 amide bonds. The zero-order valence-electron chi connectivity index (χ0n) is 14.4. The van der Waals surface area contributed by atoms with Gasteiger partial charge in [-0.3, -0.25) is 4.79 Å². The fourth-order valence-corrected chi connectivity index (χ4v) is 3.18. The molecule has 1 aliphatic rings. The number of hydrogen-bond donors (Lipinski definition) is 1.